The summed E-state index contributed by atoms with van der Waals surface area (Å²) in [5, 5.41) is 6.38. The SMILES string of the molecule is Cc1cccc(Nc2nccc(Nc3cccnc3)n2)c1. The molecule has 0 saturated heterocycles. The van der Waals surface area contributed by atoms with E-state index in [9.17, 15) is 0 Å². The summed E-state index contributed by atoms with van der Waals surface area (Å²) < 4.78 is 0. The fourth-order valence-electron chi connectivity index (χ4n) is 1.93. The van der Waals surface area contributed by atoms with Crippen LogP contribution in [0, 0.1) is 6.92 Å². The van der Waals surface area contributed by atoms with Crippen molar-refractivity contribution in [2.75, 3.05) is 10.6 Å². The first-order valence-corrected chi connectivity index (χ1v) is 6.63. The molecule has 3 aromatic rings. The van der Waals surface area contributed by atoms with Crippen molar-refractivity contribution < 1.29 is 0 Å². The highest BCUT2D eigenvalue weighted by Gasteiger charge is 2.01. The largest absolute Gasteiger partial charge is 0.339 e. The van der Waals surface area contributed by atoms with E-state index < -0.39 is 0 Å². The van der Waals surface area contributed by atoms with Crippen molar-refractivity contribution in [3.63, 3.8) is 0 Å². The molecule has 0 aliphatic heterocycles. The van der Waals surface area contributed by atoms with E-state index in [2.05, 4.69) is 25.6 Å². The first kappa shape index (κ1) is 13.1. The average molecular weight is 277 g/mol. The second kappa shape index (κ2) is 6.00. The summed E-state index contributed by atoms with van der Waals surface area (Å²) in [4.78, 5) is 12.7. The van der Waals surface area contributed by atoms with Crippen LogP contribution in [-0.4, -0.2) is 15.0 Å². The van der Waals surface area contributed by atoms with Crippen molar-refractivity contribution in [3.05, 3.63) is 66.6 Å². The van der Waals surface area contributed by atoms with Crippen LogP contribution >= 0.6 is 0 Å². The van der Waals surface area contributed by atoms with Gasteiger partial charge in [0.05, 0.1) is 11.9 Å². The van der Waals surface area contributed by atoms with Crippen LogP contribution in [0.3, 0.4) is 0 Å². The van der Waals surface area contributed by atoms with Gasteiger partial charge in [-0.15, -0.1) is 0 Å². The summed E-state index contributed by atoms with van der Waals surface area (Å²) >= 11 is 0. The van der Waals surface area contributed by atoms with Gasteiger partial charge in [-0.1, -0.05) is 12.1 Å². The lowest BCUT2D eigenvalue weighted by atomic mass is 10.2. The molecule has 2 N–H and O–H groups in total. The van der Waals surface area contributed by atoms with Gasteiger partial charge in [0.1, 0.15) is 5.82 Å². The first-order valence-electron chi connectivity index (χ1n) is 6.63. The number of nitrogens with zero attached hydrogens (tertiary/aromatic N) is 3. The molecule has 0 aliphatic rings. The number of aryl methyl sites for hydroxylation is 1. The maximum absolute atomic E-state index is 4.43. The molecule has 0 atom stereocenters. The molecule has 5 heteroatoms. The Bertz CT molecular complexity index is 727. The summed E-state index contributed by atoms with van der Waals surface area (Å²) in [6, 6.07) is 13.7. The van der Waals surface area contributed by atoms with Crippen LogP contribution < -0.4 is 10.6 Å². The fraction of sp³-hybridized carbons (Fsp3) is 0.0625. The molecular weight excluding hydrogens is 262 g/mol. The van der Waals surface area contributed by atoms with Gasteiger partial charge in [-0.25, -0.2) is 4.98 Å². The molecular formula is C16H15N5. The van der Waals surface area contributed by atoms with Crippen LogP contribution in [0.2, 0.25) is 0 Å². The summed E-state index contributed by atoms with van der Waals surface area (Å²) in [7, 11) is 0. The highest BCUT2D eigenvalue weighted by atomic mass is 15.1. The van der Waals surface area contributed by atoms with E-state index in [4.69, 9.17) is 0 Å². The van der Waals surface area contributed by atoms with Gasteiger partial charge in [-0.05, 0) is 42.8 Å². The van der Waals surface area contributed by atoms with E-state index in [1.54, 1.807) is 18.6 Å². The predicted molar refractivity (Wildman–Crippen MR) is 84.0 cm³/mol. The Morgan fingerprint density at radius 1 is 0.905 bits per heavy atom. The molecule has 0 aliphatic carbocycles. The Kier molecular flexibility index (Phi) is 3.73. The summed E-state index contributed by atoms with van der Waals surface area (Å²) in [6.07, 6.45) is 5.19. The zero-order valence-electron chi connectivity index (χ0n) is 11.6. The van der Waals surface area contributed by atoms with Crippen molar-refractivity contribution in [2.24, 2.45) is 0 Å². The Balaban J connectivity index is 1.77. The van der Waals surface area contributed by atoms with E-state index in [-0.39, 0.29) is 0 Å². The van der Waals surface area contributed by atoms with E-state index >= 15 is 0 Å². The third-order valence-corrected chi connectivity index (χ3v) is 2.86. The average Bonchev–Trinajstić information content (AvgIpc) is 2.49. The Hall–Kier alpha value is -2.95. The van der Waals surface area contributed by atoms with E-state index in [0.717, 1.165) is 11.4 Å². The highest BCUT2D eigenvalue weighted by Crippen LogP contribution is 2.17. The lowest BCUT2D eigenvalue weighted by molar-refractivity contribution is 1.16. The van der Waals surface area contributed by atoms with Crippen LogP contribution in [-0.2, 0) is 0 Å². The molecule has 0 spiro atoms. The predicted octanol–water partition coefficient (Wildman–Crippen LogP) is 3.67. The number of benzene rings is 1. The van der Waals surface area contributed by atoms with Crippen LogP contribution in [0.5, 0.6) is 0 Å². The minimum absolute atomic E-state index is 0.550. The second-order valence-electron chi connectivity index (χ2n) is 4.63. The fourth-order valence-corrected chi connectivity index (χ4v) is 1.93. The van der Waals surface area contributed by atoms with Crippen LogP contribution in [0.4, 0.5) is 23.1 Å². The molecule has 21 heavy (non-hydrogen) atoms. The quantitative estimate of drug-likeness (QED) is 0.762. The molecule has 3 rings (SSSR count). The molecule has 0 saturated carbocycles. The van der Waals surface area contributed by atoms with Gasteiger partial charge in [0.2, 0.25) is 5.95 Å². The second-order valence-corrected chi connectivity index (χ2v) is 4.63. The van der Waals surface area contributed by atoms with Crippen LogP contribution in [0.1, 0.15) is 5.56 Å². The number of aromatic nitrogens is 3. The van der Waals surface area contributed by atoms with Crippen molar-refractivity contribution >= 4 is 23.1 Å². The summed E-state index contributed by atoms with van der Waals surface area (Å²) in [5.41, 5.74) is 3.04. The lowest BCUT2D eigenvalue weighted by Crippen LogP contribution is -2.00. The maximum Gasteiger partial charge on any atom is 0.229 e. The summed E-state index contributed by atoms with van der Waals surface area (Å²) in [6.45, 7) is 2.05. The Labute approximate surface area is 123 Å². The maximum atomic E-state index is 4.43. The van der Waals surface area contributed by atoms with Crippen molar-refractivity contribution in [1.82, 2.24) is 15.0 Å². The molecule has 0 bridgehead atoms. The van der Waals surface area contributed by atoms with E-state index in [0.29, 0.717) is 11.8 Å². The third kappa shape index (κ3) is 3.54. The minimum atomic E-state index is 0.550. The van der Waals surface area contributed by atoms with Gasteiger partial charge in [0.25, 0.3) is 0 Å². The number of nitrogens with one attached hydrogen (secondary N) is 2. The number of rotatable bonds is 4. The highest BCUT2D eigenvalue weighted by molar-refractivity contribution is 5.59. The van der Waals surface area contributed by atoms with Crippen molar-refractivity contribution in [3.8, 4) is 0 Å². The molecule has 0 unspecified atom stereocenters. The number of hydrogen-bond acceptors (Lipinski definition) is 5. The van der Waals surface area contributed by atoms with Gasteiger partial charge < -0.3 is 10.6 Å². The normalized spacial score (nSPS) is 10.1. The monoisotopic (exact) mass is 277 g/mol. The number of pyridine rings is 1. The Morgan fingerprint density at radius 3 is 2.62 bits per heavy atom. The van der Waals surface area contributed by atoms with Gasteiger partial charge in [-0.3, -0.25) is 4.98 Å². The molecule has 0 amide bonds. The van der Waals surface area contributed by atoms with Gasteiger partial charge in [0, 0.05) is 18.1 Å². The van der Waals surface area contributed by atoms with E-state index in [1.165, 1.54) is 5.56 Å². The molecule has 0 fully saturated rings. The molecule has 1 aromatic carbocycles. The Morgan fingerprint density at radius 2 is 1.81 bits per heavy atom. The van der Waals surface area contributed by atoms with Crippen LogP contribution in [0.25, 0.3) is 0 Å². The van der Waals surface area contributed by atoms with Crippen molar-refractivity contribution in [2.45, 2.75) is 6.92 Å². The molecule has 0 radical (unpaired) electrons. The zero-order valence-corrected chi connectivity index (χ0v) is 11.6. The van der Waals surface area contributed by atoms with E-state index in [1.807, 2.05) is 49.4 Å². The topological polar surface area (TPSA) is 62.7 Å². The lowest BCUT2D eigenvalue weighted by Gasteiger charge is -2.08. The third-order valence-electron chi connectivity index (χ3n) is 2.86. The molecule has 5 nitrogen and oxygen atoms in total. The zero-order chi connectivity index (χ0) is 14.5. The van der Waals surface area contributed by atoms with Gasteiger partial charge >= 0.3 is 0 Å². The molecule has 2 heterocycles. The van der Waals surface area contributed by atoms with Gasteiger partial charge in [-0.2, -0.15) is 4.98 Å². The number of hydrogen-bond donors (Lipinski definition) is 2. The number of anilines is 4. The standard InChI is InChI=1S/C16H15N5/c1-12-4-2-5-13(10-12)20-16-18-9-7-15(21-16)19-14-6-3-8-17-11-14/h2-11H,1H3,(H2,18,19,20,21). The first-order chi connectivity index (χ1) is 10.3. The molecule has 2 aromatic heterocycles. The van der Waals surface area contributed by atoms with Crippen molar-refractivity contribution in [1.29, 1.82) is 0 Å². The smallest absolute Gasteiger partial charge is 0.229 e. The molecule has 104 valence electrons. The minimum Gasteiger partial charge on any atom is -0.339 e. The summed E-state index contributed by atoms with van der Waals surface area (Å²) in [5.74, 6) is 1.27. The van der Waals surface area contributed by atoms with Crippen LogP contribution in [0.15, 0.2) is 61.1 Å². The van der Waals surface area contributed by atoms with Gasteiger partial charge in [0.15, 0.2) is 0 Å².